The van der Waals surface area contributed by atoms with Gasteiger partial charge in [-0.1, -0.05) is 0 Å². The second kappa shape index (κ2) is 9.08. The highest BCUT2D eigenvalue weighted by Gasteiger charge is 2.02. The molecule has 1 atom stereocenters. The van der Waals surface area contributed by atoms with Crippen molar-refractivity contribution in [2.75, 3.05) is 13.2 Å². The molecule has 0 bridgehead atoms. The Morgan fingerprint density at radius 1 is 1.62 bits per heavy atom. The van der Waals surface area contributed by atoms with Crippen molar-refractivity contribution in [1.82, 2.24) is 0 Å². The third-order valence-corrected chi connectivity index (χ3v) is 0.690. The number of ether oxygens (including phenoxy) is 1. The van der Waals surface area contributed by atoms with E-state index in [0.29, 0.717) is 0 Å². The Balaban J connectivity index is 0. The number of carbonyl (C=O) groups is 1. The number of aliphatic hydroxyl groups excluding tert-OH is 2. The fourth-order valence-electron chi connectivity index (χ4n) is 0.266. The van der Waals surface area contributed by atoms with Crippen molar-refractivity contribution in [2.45, 2.75) is 13.0 Å². The van der Waals surface area contributed by atoms with E-state index in [2.05, 4.69) is 11.3 Å². The van der Waals surface area contributed by atoms with Gasteiger partial charge in [-0.3, -0.25) is 4.79 Å². The normalized spacial score (nSPS) is 10.8. The van der Waals surface area contributed by atoms with Crippen LogP contribution in [0.2, 0.25) is 0 Å². The minimum absolute atomic E-state index is 0.133. The first-order chi connectivity index (χ1) is 5.90. The summed E-state index contributed by atoms with van der Waals surface area (Å²) in [4.78, 5) is 10.0. The van der Waals surface area contributed by atoms with Crippen molar-refractivity contribution < 1.29 is 28.5 Å². The number of hydrogen-bond donors (Lipinski definition) is 2. The molecule has 78 valence electrons. The van der Waals surface area contributed by atoms with Crippen molar-refractivity contribution in [3.05, 3.63) is 12.7 Å². The third-order valence-electron chi connectivity index (χ3n) is 0.690. The molecule has 0 aromatic heterocycles. The summed E-state index contributed by atoms with van der Waals surface area (Å²) in [6, 6.07) is 0. The molecule has 0 fully saturated rings. The van der Waals surface area contributed by atoms with E-state index in [1.165, 1.54) is 6.92 Å². The van der Waals surface area contributed by atoms with E-state index in [9.17, 15) is 13.6 Å². The standard InChI is InChI=1S/C5H10O4.C2H2F2/c1-4(7)9-3-5(8)2-6;1-2(3)4/h5-6,8H,2-3H2,1H3;1H2. The van der Waals surface area contributed by atoms with Gasteiger partial charge in [0.1, 0.15) is 12.7 Å². The highest BCUT2D eigenvalue weighted by molar-refractivity contribution is 5.65. The molecule has 0 saturated heterocycles. The molecule has 0 aromatic rings. The van der Waals surface area contributed by atoms with Crippen LogP contribution < -0.4 is 0 Å². The van der Waals surface area contributed by atoms with Crippen molar-refractivity contribution in [3.8, 4) is 0 Å². The lowest BCUT2D eigenvalue weighted by atomic mass is 10.4. The zero-order chi connectivity index (χ0) is 10.9. The van der Waals surface area contributed by atoms with Gasteiger partial charge in [0.2, 0.25) is 0 Å². The minimum atomic E-state index is -1.83. The van der Waals surface area contributed by atoms with Crippen LogP contribution in [0.5, 0.6) is 0 Å². The van der Waals surface area contributed by atoms with Crippen molar-refractivity contribution in [3.63, 3.8) is 0 Å². The van der Waals surface area contributed by atoms with Gasteiger partial charge in [0.15, 0.2) is 0 Å². The molecule has 0 rings (SSSR count). The van der Waals surface area contributed by atoms with Crippen LogP contribution in [0, 0.1) is 0 Å². The average Bonchev–Trinajstić information content (AvgIpc) is 1.99. The van der Waals surface area contributed by atoms with E-state index in [-0.39, 0.29) is 13.2 Å². The molecule has 0 radical (unpaired) electrons. The summed E-state index contributed by atoms with van der Waals surface area (Å²) < 4.78 is 24.6. The first kappa shape index (κ1) is 14.5. The molecule has 4 nitrogen and oxygen atoms in total. The smallest absolute Gasteiger partial charge is 0.302 e. The topological polar surface area (TPSA) is 66.8 Å². The number of halogens is 2. The molecule has 0 aliphatic carbocycles. The molecule has 0 spiro atoms. The summed E-state index contributed by atoms with van der Waals surface area (Å²) in [6.07, 6.45) is -2.78. The number of rotatable bonds is 3. The second-order valence-electron chi connectivity index (χ2n) is 1.98. The highest BCUT2D eigenvalue weighted by Crippen LogP contribution is 1.85. The molecule has 0 amide bonds. The molecule has 0 saturated carbocycles. The summed E-state index contributed by atoms with van der Waals surface area (Å²) in [5.41, 5.74) is 0. The summed E-state index contributed by atoms with van der Waals surface area (Å²) in [7, 11) is 0. The van der Waals surface area contributed by atoms with Gasteiger partial charge in [-0.05, 0) is 6.58 Å². The Bertz CT molecular complexity index is 157. The van der Waals surface area contributed by atoms with E-state index in [0.717, 1.165) is 0 Å². The number of esters is 1. The van der Waals surface area contributed by atoms with Crippen LogP contribution in [0.4, 0.5) is 8.78 Å². The van der Waals surface area contributed by atoms with Gasteiger partial charge in [0.05, 0.1) is 6.61 Å². The van der Waals surface area contributed by atoms with Gasteiger partial charge in [-0.25, -0.2) is 0 Å². The summed E-state index contributed by atoms with van der Waals surface area (Å²) in [5.74, 6) is -0.456. The van der Waals surface area contributed by atoms with Crippen molar-refractivity contribution in [1.29, 1.82) is 0 Å². The Hall–Kier alpha value is -1.01. The number of hydrogen-bond acceptors (Lipinski definition) is 4. The maximum atomic E-state index is 10.1. The van der Waals surface area contributed by atoms with Gasteiger partial charge < -0.3 is 14.9 Å². The summed E-state index contributed by atoms with van der Waals surface area (Å²) in [6.45, 7) is 2.95. The maximum absolute atomic E-state index is 10.1. The van der Waals surface area contributed by atoms with Crippen LogP contribution >= 0.6 is 0 Å². The molecule has 2 N–H and O–H groups in total. The minimum Gasteiger partial charge on any atom is -0.463 e. The Morgan fingerprint density at radius 2 is 2.00 bits per heavy atom. The lowest BCUT2D eigenvalue weighted by Crippen LogP contribution is -2.20. The van der Waals surface area contributed by atoms with E-state index in [1.807, 2.05) is 0 Å². The average molecular weight is 198 g/mol. The SMILES string of the molecule is C=C(F)F.CC(=O)OCC(O)CO. The van der Waals surface area contributed by atoms with Crippen LogP contribution in [-0.2, 0) is 9.53 Å². The fraction of sp³-hybridized carbons (Fsp3) is 0.571. The van der Waals surface area contributed by atoms with Gasteiger partial charge >= 0.3 is 5.97 Å². The molecular formula is C7H12F2O4. The molecule has 13 heavy (non-hydrogen) atoms. The second-order valence-corrected chi connectivity index (χ2v) is 1.98. The molecule has 0 aromatic carbocycles. The Kier molecular flexibility index (Phi) is 10.1. The van der Waals surface area contributed by atoms with E-state index < -0.39 is 18.2 Å². The Labute approximate surface area is 74.4 Å². The summed E-state index contributed by atoms with van der Waals surface area (Å²) >= 11 is 0. The van der Waals surface area contributed by atoms with Crippen LogP contribution in [0.25, 0.3) is 0 Å². The predicted molar refractivity (Wildman–Crippen MR) is 41.1 cm³/mol. The Morgan fingerprint density at radius 3 is 2.23 bits per heavy atom. The largest absolute Gasteiger partial charge is 0.463 e. The van der Waals surface area contributed by atoms with Gasteiger partial charge in [-0.15, -0.1) is 0 Å². The van der Waals surface area contributed by atoms with Gasteiger partial charge in [-0.2, -0.15) is 8.78 Å². The van der Waals surface area contributed by atoms with E-state index in [1.54, 1.807) is 0 Å². The molecular weight excluding hydrogens is 186 g/mol. The maximum Gasteiger partial charge on any atom is 0.302 e. The molecule has 0 aliphatic rings. The molecule has 6 heteroatoms. The third kappa shape index (κ3) is 24.8. The quantitative estimate of drug-likeness (QED) is 0.640. The first-order valence-corrected chi connectivity index (χ1v) is 3.32. The monoisotopic (exact) mass is 198 g/mol. The number of aliphatic hydroxyl groups is 2. The molecule has 0 heterocycles. The van der Waals surface area contributed by atoms with Crippen molar-refractivity contribution in [2.24, 2.45) is 0 Å². The van der Waals surface area contributed by atoms with Gasteiger partial charge in [0.25, 0.3) is 6.08 Å². The van der Waals surface area contributed by atoms with Crippen LogP contribution in [0.1, 0.15) is 6.92 Å². The lowest BCUT2D eigenvalue weighted by Gasteiger charge is -2.05. The zero-order valence-electron chi connectivity index (χ0n) is 7.17. The van der Waals surface area contributed by atoms with Crippen molar-refractivity contribution >= 4 is 5.97 Å². The highest BCUT2D eigenvalue weighted by atomic mass is 19.3. The predicted octanol–water partition coefficient (Wildman–Crippen LogP) is 0.299. The van der Waals surface area contributed by atoms with E-state index in [4.69, 9.17) is 10.2 Å². The van der Waals surface area contributed by atoms with Crippen LogP contribution in [-0.4, -0.2) is 35.5 Å². The van der Waals surface area contributed by atoms with Crippen LogP contribution in [0.3, 0.4) is 0 Å². The lowest BCUT2D eigenvalue weighted by molar-refractivity contribution is -0.144. The van der Waals surface area contributed by atoms with E-state index >= 15 is 0 Å². The fourth-order valence-corrected chi connectivity index (χ4v) is 0.266. The molecule has 1 unspecified atom stereocenters. The van der Waals surface area contributed by atoms with Gasteiger partial charge in [0, 0.05) is 6.92 Å². The summed E-state index contributed by atoms with van der Waals surface area (Å²) in [5, 5.41) is 16.8. The first-order valence-electron chi connectivity index (χ1n) is 3.32. The zero-order valence-corrected chi connectivity index (χ0v) is 7.17. The van der Waals surface area contributed by atoms with Crippen LogP contribution in [0.15, 0.2) is 12.7 Å². The molecule has 0 aliphatic heterocycles. The number of carbonyl (C=O) groups excluding carboxylic acids is 1.